The monoisotopic (exact) mass is 385 g/mol. The molecule has 2 amide bonds. The lowest BCUT2D eigenvalue weighted by atomic mass is 9.85. The van der Waals surface area contributed by atoms with Crippen molar-refractivity contribution in [1.82, 2.24) is 10.6 Å². The Kier molecular flexibility index (Phi) is 5.35. The first-order valence-electron chi connectivity index (χ1n) is 10.1. The van der Waals surface area contributed by atoms with E-state index in [2.05, 4.69) is 15.8 Å². The summed E-state index contributed by atoms with van der Waals surface area (Å²) in [5, 5.41) is 10.2. The molecular formula is C21H27N3O4. The van der Waals surface area contributed by atoms with Crippen LogP contribution in [0.4, 0.5) is 0 Å². The first-order chi connectivity index (χ1) is 13.6. The predicted molar refractivity (Wildman–Crippen MR) is 104 cm³/mol. The summed E-state index contributed by atoms with van der Waals surface area (Å²) in [4.78, 5) is 31.0. The van der Waals surface area contributed by atoms with Gasteiger partial charge in [-0.25, -0.2) is 0 Å². The van der Waals surface area contributed by atoms with E-state index in [9.17, 15) is 9.59 Å². The van der Waals surface area contributed by atoms with E-state index in [1.54, 1.807) is 6.07 Å². The first kappa shape index (κ1) is 18.9. The van der Waals surface area contributed by atoms with Crippen molar-refractivity contribution in [3.05, 3.63) is 35.4 Å². The van der Waals surface area contributed by atoms with Gasteiger partial charge in [-0.15, -0.1) is 0 Å². The maximum Gasteiger partial charge on any atom is 0.269 e. The van der Waals surface area contributed by atoms with Gasteiger partial charge in [0.05, 0.1) is 12.6 Å². The fourth-order valence-corrected chi connectivity index (χ4v) is 4.26. The third kappa shape index (κ3) is 3.90. The summed E-state index contributed by atoms with van der Waals surface area (Å²) in [6, 6.07) is 7.43. The van der Waals surface area contributed by atoms with Crippen LogP contribution in [-0.2, 0) is 14.4 Å². The molecule has 2 atom stereocenters. The first-order valence-corrected chi connectivity index (χ1v) is 10.1. The second kappa shape index (κ2) is 7.91. The number of ether oxygens (including phenoxy) is 1. The largest absolute Gasteiger partial charge is 0.384 e. The molecule has 2 aliphatic heterocycles. The molecule has 1 aromatic rings. The number of oxime groups is 1. The molecule has 1 saturated carbocycles. The number of aryl methyl sites for hydroxylation is 1. The molecule has 0 unspecified atom stereocenters. The van der Waals surface area contributed by atoms with Gasteiger partial charge in [-0.1, -0.05) is 35.7 Å². The highest BCUT2D eigenvalue weighted by molar-refractivity contribution is 6.39. The molecule has 150 valence electrons. The number of carbonyl (C=O) groups excluding carboxylic acids is 2. The highest BCUT2D eigenvalue weighted by Crippen LogP contribution is 2.33. The molecule has 1 aromatic carbocycles. The van der Waals surface area contributed by atoms with Gasteiger partial charge >= 0.3 is 0 Å². The van der Waals surface area contributed by atoms with Crippen LogP contribution in [0.15, 0.2) is 29.4 Å². The van der Waals surface area contributed by atoms with E-state index in [4.69, 9.17) is 9.57 Å². The molecule has 2 N–H and O–H groups in total. The van der Waals surface area contributed by atoms with E-state index < -0.39 is 5.60 Å². The minimum absolute atomic E-state index is 0.151. The summed E-state index contributed by atoms with van der Waals surface area (Å²) in [6.45, 7) is 2.79. The molecule has 1 aliphatic carbocycles. The van der Waals surface area contributed by atoms with Crippen molar-refractivity contribution in [3.8, 4) is 0 Å². The van der Waals surface area contributed by atoms with Crippen LogP contribution in [0.25, 0.3) is 0 Å². The summed E-state index contributed by atoms with van der Waals surface area (Å²) >= 11 is 0. The van der Waals surface area contributed by atoms with Gasteiger partial charge in [0.1, 0.15) is 5.71 Å². The van der Waals surface area contributed by atoms with Gasteiger partial charge in [0, 0.05) is 24.6 Å². The second-order valence-electron chi connectivity index (χ2n) is 8.06. The Morgan fingerprint density at radius 3 is 2.75 bits per heavy atom. The lowest BCUT2D eigenvalue weighted by Gasteiger charge is -2.38. The average molecular weight is 385 g/mol. The van der Waals surface area contributed by atoms with Crippen LogP contribution in [0, 0.1) is 6.92 Å². The van der Waals surface area contributed by atoms with Crippen molar-refractivity contribution in [2.24, 2.45) is 5.16 Å². The quantitative estimate of drug-likeness (QED) is 0.831. The molecule has 7 nitrogen and oxygen atoms in total. The van der Waals surface area contributed by atoms with E-state index in [0.717, 1.165) is 31.2 Å². The highest BCUT2D eigenvalue weighted by atomic mass is 16.7. The standard InChI is InChI=1S/C21H27N3O4/c1-14-5-4-6-15(11-14)19(25)23-18-9-10-27-13-21(18)12-17(24-28-21)20(26)22-16-7-2-3-8-16/h4-6,11,16,18H,2-3,7-10,12-13H2,1H3,(H,22,26)(H,23,25)/t18-,21-/m0/s1. The molecule has 7 heteroatoms. The van der Waals surface area contributed by atoms with Crippen molar-refractivity contribution in [3.63, 3.8) is 0 Å². The van der Waals surface area contributed by atoms with E-state index in [-0.39, 0.29) is 23.9 Å². The van der Waals surface area contributed by atoms with Gasteiger partial charge in [0.15, 0.2) is 5.60 Å². The van der Waals surface area contributed by atoms with E-state index in [1.165, 1.54) is 0 Å². The van der Waals surface area contributed by atoms with Gasteiger partial charge in [0.25, 0.3) is 11.8 Å². The number of carbonyl (C=O) groups is 2. The van der Waals surface area contributed by atoms with Crippen LogP contribution in [0.5, 0.6) is 0 Å². The molecule has 0 bridgehead atoms. The van der Waals surface area contributed by atoms with Gasteiger partial charge in [-0.05, 0) is 38.3 Å². The summed E-state index contributed by atoms with van der Waals surface area (Å²) in [7, 11) is 0. The second-order valence-corrected chi connectivity index (χ2v) is 8.06. The normalized spacial score (nSPS) is 27.3. The van der Waals surface area contributed by atoms with Crippen LogP contribution in [0.1, 0.15) is 54.4 Å². The van der Waals surface area contributed by atoms with Crippen LogP contribution in [-0.4, -0.2) is 48.4 Å². The Bertz CT molecular complexity index is 788. The van der Waals surface area contributed by atoms with E-state index >= 15 is 0 Å². The summed E-state index contributed by atoms with van der Waals surface area (Å²) in [5.74, 6) is -0.319. The van der Waals surface area contributed by atoms with Crippen molar-refractivity contribution < 1.29 is 19.2 Å². The van der Waals surface area contributed by atoms with Gasteiger partial charge in [-0.3, -0.25) is 9.59 Å². The molecule has 1 saturated heterocycles. The molecule has 28 heavy (non-hydrogen) atoms. The topological polar surface area (TPSA) is 89.0 Å². The van der Waals surface area contributed by atoms with Crippen LogP contribution >= 0.6 is 0 Å². The molecule has 2 heterocycles. The number of amides is 2. The summed E-state index contributed by atoms with van der Waals surface area (Å²) in [6.07, 6.45) is 5.29. The summed E-state index contributed by atoms with van der Waals surface area (Å²) < 4.78 is 5.62. The highest BCUT2D eigenvalue weighted by Gasteiger charge is 2.50. The number of nitrogens with one attached hydrogen (secondary N) is 2. The zero-order valence-corrected chi connectivity index (χ0v) is 16.2. The van der Waals surface area contributed by atoms with Crippen LogP contribution < -0.4 is 10.6 Å². The van der Waals surface area contributed by atoms with Crippen molar-refractivity contribution >= 4 is 17.5 Å². The fraction of sp³-hybridized carbons (Fsp3) is 0.571. The third-order valence-corrected chi connectivity index (χ3v) is 5.87. The number of hydrogen-bond donors (Lipinski definition) is 2. The molecule has 4 rings (SSSR count). The fourth-order valence-electron chi connectivity index (χ4n) is 4.26. The van der Waals surface area contributed by atoms with Gasteiger partial charge < -0.3 is 20.2 Å². The Hall–Kier alpha value is -2.41. The Labute approximate surface area is 164 Å². The van der Waals surface area contributed by atoms with Crippen molar-refractivity contribution in [2.75, 3.05) is 13.2 Å². The maximum atomic E-state index is 12.7. The average Bonchev–Trinajstić information content (AvgIpc) is 3.34. The number of nitrogens with zero attached hydrogens (tertiary/aromatic N) is 1. The maximum absolute atomic E-state index is 12.7. The Morgan fingerprint density at radius 1 is 1.14 bits per heavy atom. The SMILES string of the molecule is Cc1cccc(C(=O)N[C@H]2CCOC[C@@]23CC(C(=O)NC2CCCC2)=NO3)c1. The number of rotatable bonds is 4. The minimum Gasteiger partial charge on any atom is -0.384 e. The van der Waals surface area contributed by atoms with E-state index in [1.807, 2.05) is 25.1 Å². The zero-order valence-electron chi connectivity index (χ0n) is 16.2. The molecule has 1 spiro atoms. The molecular weight excluding hydrogens is 358 g/mol. The van der Waals surface area contributed by atoms with Crippen molar-refractivity contribution in [1.29, 1.82) is 0 Å². The number of hydrogen-bond acceptors (Lipinski definition) is 5. The lowest BCUT2D eigenvalue weighted by Crippen LogP contribution is -2.59. The van der Waals surface area contributed by atoms with Crippen LogP contribution in [0.2, 0.25) is 0 Å². The Morgan fingerprint density at radius 2 is 1.96 bits per heavy atom. The smallest absolute Gasteiger partial charge is 0.269 e. The van der Waals surface area contributed by atoms with Crippen LogP contribution in [0.3, 0.4) is 0 Å². The third-order valence-electron chi connectivity index (χ3n) is 5.87. The lowest BCUT2D eigenvalue weighted by molar-refractivity contribution is -0.128. The van der Waals surface area contributed by atoms with Crippen molar-refractivity contribution in [2.45, 2.75) is 63.1 Å². The number of benzene rings is 1. The molecule has 2 fully saturated rings. The summed E-state index contributed by atoms with van der Waals surface area (Å²) in [5.41, 5.74) is 1.20. The molecule has 0 aromatic heterocycles. The molecule has 3 aliphatic rings. The zero-order chi connectivity index (χ0) is 19.6. The van der Waals surface area contributed by atoms with Gasteiger partial charge in [-0.2, -0.15) is 0 Å². The Balaban J connectivity index is 1.42. The minimum atomic E-state index is -0.819. The van der Waals surface area contributed by atoms with Gasteiger partial charge in [0.2, 0.25) is 0 Å². The predicted octanol–water partition coefficient (Wildman–Crippen LogP) is 2.09. The van der Waals surface area contributed by atoms with E-state index in [0.29, 0.717) is 37.3 Å². The molecule has 0 radical (unpaired) electrons.